The van der Waals surface area contributed by atoms with Crippen molar-refractivity contribution in [2.75, 3.05) is 5.32 Å². The number of aromatic nitrogens is 4. The molecule has 0 aliphatic carbocycles. The predicted molar refractivity (Wildman–Crippen MR) is 102 cm³/mol. The summed E-state index contributed by atoms with van der Waals surface area (Å²) in [4.78, 5) is 22.5. The Morgan fingerprint density at radius 1 is 1.10 bits per heavy atom. The summed E-state index contributed by atoms with van der Waals surface area (Å²) >= 11 is 0. The zero-order chi connectivity index (χ0) is 21.1. The molecule has 10 nitrogen and oxygen atoms in total. The van der Waals surface area contributed by atoms with Crippen LogP contribution in [0.2, 0.25) is 0 Å². The number of nitrogens with zero attached hydrogens (tertiary/aromatic N) is 5. The maximum Gasteiger partial charge on any atom is 0.307 e. The van der Waals surface area contributed by atoms with Gasteiger partial charge in [0.2, 0.25) is 0 Å². The summed E-state index contributed by atoms with van der Waals surface area (Å²) in [6.45, 7) is 0.366. The topological polar surface area (TPSA) is 121 Å². The number of nitro groups is 1. The molecule has 0 fully saturated rings. The highest BCUT2D eigenvalue weighted by Crippen LogP contribution is 2.15. The lowest BCUT2D eigenvalue weighted by Crippen LogP contribution is -2.10. The Kier molecular flexibility index (Phi) is 5.08. The van der Waals surface area contributed by atoms with Gasteiger partial charge in [0.1, 0.15) is 24.0 Å². The van der Waals surface area contributed by atoms with Crippen LogP contribution in [0.1, 0.15) is 21.9 Å². The van der Waals surface area contributed by atoms with E-state index in [2.05, 4.69) is 15.5 Å². The minimum atomic E-state index is -0.545. The monoisotopic (exact) mass is 410 g/mol. The number of nitrogens with one attached hydrogen (secondary N) is 1. The van der Waals surface area contributed by atoms with Crippen LogP contribution in [0.3, 0.4) is 0 Å². The Morgan fingerprint density at radius 3 is 2.63 bits per heavy atom. The van der Waals surface area contributed by atoms with Gasteiger partial charge >= 0.3 is 5.69 Å². The van der Waals surface area contributed by atoms with Crippen LogP contribution in [-0.2, 0) is 13.1 Å². The third kappa shape index (κ3) is 4.24. The minimum Gasteiger partial charge on any atom is -0.454 e. The van der Waals surface area contributed by atoms with E-state index in [4.69, 9.17) is 4.42 Å². The van der Waals surface area contributed by atoms with Crippen molar-refractivity contribution in [2.24, 2.45) is 0 Å². The van der Waals surface area contributed by atoms with E-state index in [0.717, 1.165) is 6.20 Å². The molecule has 0 radical (unpaired) electrons. The maximum absolute atomic E-state index is 13.8. The molecule has 0 bridgehead atoms. The first-order valence-electron chi connectivity index (χ1n) is 8.81. The van der Waals surface area contributed by atoms with Gasteiger partial charge in [0, 0.05) is 11.8 Å². The lowest BCUT2D eigenvalue weighted by Gasteiger charge is -2.03. The van der Waals surface area contributed by atoms with E-state index in [9.17, 15) is 19.3 Å². The highest BCUT2D eigenvalue weighted by Gasteiger charge is 2.15. The van der Waals surface area contributed by atoms with Crippen molar-refractivity contribution in [1.29, 1.82) is 0 Å². The molecule has 0 spiro atoms. The van der Waals surface area contributed by atoms with Crippen LogP contribution in [0.15, 0.2) is 65.6 Å². The highest BCUT2D eigenvalue weighted by molar-refractivity contribution is 6.02. The SMILES string of the molecule is O=C(Nc1cnn(Cc2ccccc2F)c1)c1ccc(Cn2cc([N+](=O)[O-])cn2)o1. The van der Waals surface area contributed by atoms with Crippen molar-refractivity contribution in [1.82, 2.24) is 19.6 Å². The molecule has 0 aliphatic heterocycles. The molecule has 0 aliphatic rings. The number of furan rings is 1. The van der Waals surface area contributed by atoms with E-state index >= 15 is 0 Å². The third-order valence-electron chi connectivity index (χ3n) is 4.22. The average molecular weight is 410 g/mol. The smallest absolute Gasteiger partial charge is 0.307 e. The van der Waals surface area contributed by atoms with Gasteiger partial charge in [0.25, 0.3) is 5.91 Å². The number of anilines is 1. The van der Waals surface area contributed by atoms with Gasteiger partial charge in [-0.25, -0.2) is 4.39 Å². The first kappa shape index (κ1) is 19.1. The lowest BCUT2D eigenvalue weighted by molar-refractivity contribution is -0.385. The summed E-state index contributed by atoms with van der Waals surface area (Å²) in [5.41, 5.74) is 0.775. The number of benzene rings is 1. The molecular formula is C19H15FN6O4. The Hall–Kier alpha value is -4.28. The van der Waals surface area contributed by atoms with E-state index < -0.39 is 10.8 Å². The number of hydrogen-bond donors (Lipinski definition) is 1. The van der Waals surface area contributed by atoms with Crippen LogP contribution in [0.4, 0.5) is 15.8 Å². The third-order valence-corrected chi connectivity index (χ3v) is 4.22. The second kappa shape index (κ2) is 7.99. The number of rotatable bonds is 7. The van der Waals surface area contributed by atoms with Crippen LogP contribution < -0.4 is 5.32 Å². The van der Waals surface area contributed by atoms with Gasteiger partial charge in [-0.05, 0) is 18.2 Å². The Morgan fingerprint density at radius 2 is 1.87 bits per heavy atom. The van der Waals surface area contributed by atoms with Crippen LogP contribution in [0.5, 0.6) is 0 Å². The molecule has 0 saturated carbocycles. The summed E-state index contributed by atoms with van der Waals surface area (Å²) < 4.78 is 22.1. The molecule has 30 heavy (non-hydrogen) atoms. The predicted octanol–water partition coefficient (Wildman–Crippen LogP) is 3.07. The summed E-state index contributed by atoms with van der Waals surface area (Å²) in [6, 6.07) is 9.46. The van der Waals surface area contributed by atoms with Crippen molar-refractivity contribution >= 4 is 17.3 Å². The van der Waals surface area contributed by atoms with Crippen LogP contribution >= 0.6 is 0 Å². The summed E-state index contributed by atoms with van der Waals surface area (Å²) in [6.07, 6.45) is 5.43. The fourth-order valence-corrected chi connectivity index (χ4v) is 2.79. The maximum atomic E-state index is 13.8. The summed E-state index contributed by atoms with van der Waals surface area (Å²) in [5.74, 6) is -0.343. The Balaban J connectivity index is 1.38. The van der Waals surface area contributed by atoms with Crippen molar-refractivity contribution in [2.45, 2.75) is 13.1 Å². The van der Waals surface area contributed by atoms with Gasteiger partial charge in [-0.3, -0.25) is 24.3 Å². The summed E-state index contributed by atoms with van der Waals surface area (Å²) in [7, 11) is 0. The molecule has 1 aromatic carbocycles. The molecule has 4 aromatic rings. The quantitative estimate of drug-likeness (QED) is 0.369. The molecule has 152 valence electrons. The molecule has 4 rings (SSSR count). The molecule has 3 aromatic heterocycles. The molecule has 0 saturated heterocycles. The summed E-state index contributed by atoms with van der Waals surface area (Å²) in [5, 5.41) is 21.3. The van der Waals surface area contributed by atoms with E-state index in [0.29, 0.717) is 17.0 Å². The largest absolute Gasteiger partial charge is 0.454 e. The second-order valence-corrected chi connectivity index (χ2v) is 6.39. The standard InChI is InChI=1S/C19H15FN6O4/c20-17-4-2-1-3-13(17)9-24-10-14(7-21-24)23-19(27)18-6-5-16(30-18)12-25-11-15(8-22-25)26(28)29/h1-8,10-11H,9,12H2,(H,23,27). The molecule has 1 amide bonds. The minimum absolute atomic E-state index is 0.0634. The fraction of sp³-hybridized carbons (Fsp3) is 0.105. The molecule has 0 unspecified atom stereocenters. The number of hydrogen-bond acceptors (Lipinski definition) is 6. The van der Waals surface area contributed by atoms with Crippen LogP contribution in [0.25, 0.3) is 0 Å². The average Bonchev–Trinajstić information content (AvgIpc) is 3.45. The van der Waals surface area contributed by atoms with Crippen molar-refractivity contribution in [3.63, 3.8) is 0 Å². The number of amides is 1. The fourth-order valence-electron chi connectivity index (χ4n) is 2.79. The molecule has 0 atom stereocenters. The van der Waals surface area contributed by atoms with Gasteiger partial charge < -0.3 is 9.73 Å². The second-order valence-electron chi connectivity index (χ2n) is 6.39. The highest BCUT2D eigenvalue weighted by atomic mass is 19.1. The number of carbonyl (C=O) groups excluding carboxylic acids is 1. The number of carbonyl (C=O) groups is 1. The van der Waals surface area contributed by atoms with Crippen LogP contribution in [-0.4, -0.2) is 30.4 Å². The Labute approximate surface area is 168 Å². The number of halogens is 1. The van der Waals surface area contributed by atoms with Crippen molar-refractivity contribution in [3.05, 3.63) is 94.2 Å². The molecule has 3 heterocycles. The van der Waals surface area contributed by atoms with Crippen molar-refractivity contribution in [3.8, 4) is 0 Å². The zero-order valence-electron chi connectivity index (χ0n) is 15.4. The lowest BCUT2D eigenvalue weighted by atomic mass is 10.2. The van der Waals surface area contributed by atoms with Gasteiger partial charge in [-0.1, -0.05) is 18.2 Å². The van der Waals surface area contributed by atoms with Crippen molar-refractivity contribution < 1.29 is 18.5 Å². The van der Waals surface area contributed by atoms with E-state index in [1.807, 2.05) is 0 Å². The first-order chi connectivity index (χ1) is 14.5. The molecule has 1 N–H and O–H groups in total. The zero-order valence-corrected chi connectivity index (χ0v) is 15.4. The van der Waals surface area contributed by atoms with Gasteiger partial charge in [-0.15, -0.1) is 0 Å². The Bertz CT molecular complexity index is 1210. The van der Waals surface area contributed by atoms with E-state index in [1.54, 1.807) is 30.5 Å². The van der Waals surface area contributed by atoms with E-state index in [-0.39, 0.29) is 30.4 Å². The van der Waals surface area contributed by atoms with E-state index in [1.165, 1.54) is 33.9 Å². The van der Waals surface area contributed by atoms with Crippen LogP contribution in [0, 0.1) is 15.9 Å². The first-order valence-corrected chi connectivity index (χ1v) is 8.81. The van der Waals surface area contributed by atoms with Gasteiger partial charge in [0.15, 0.2) is 5.76 Å². The molecular weight excluding hydrogens is 395 g/mol. The van der Waals surface area contributed by atoms with Gasteiger partial charge in [0.05, 0.1) is 29.9 Å². The normalized spacial score (nSPS) is 10.8. The van der Waals surface area contributed by atoms with Gasteiger partial charge in [-0.2, -0.15) is 10.2 Å². The molecule has 11 heteroatoms.